The number of hydrogen-bond acceptors (Lipinski definition) is 5. The number of ether oxygens (including phenoxy) is 1. The van der Waals surface area contributed by atoms with Gasteiger partial charge in [-0.15, -0.1) is 0 Å². The fraction of sp³-hybridized carbons (Fsp3) is 0.929. The Kier molecular flexibility index (Phi) is 9.01. The molecule has 1 N–H and O–H groups in total. The molecule has 0 aliphatic heterocycles. The van der Waals surface area contributed by atoms with Crippen LogP contribution in [0.3, 0.4) is 0 Å². The van der Waals surface area contributed by atoms with Gasteiger partial charge in [-0.2, -0.15) is 34.8 Å². The van der Waals surface area contributed by atoms with Gasteiger partial charge in [0.2, 0.25) is 0 Å². The Hall–Kier alpha value is -0.863. The molecule has 0 aromatic rings. The molecule has 0 saturated carbocycles. The van der Waals surface area contributed by atoms with E-state index in [9.17, 15) is 39.6 Å². The maximum Gasteiger partial charge on any atom is 0.438 e. The minimum atomic E-state index is -6.31. The predicted octanol–water partition coefficient (Wildman–Crippen LogP) is 4.08. The second-order valence-corrected chi connectivity index (χ2v) is 12.7. The zero-order valence-electron chi connectivity index (χ0n) is 15.8. The summed E-state index contributed by atoms with van der Waals surface area (Å²) in [4.78, 5) is 11.7. The molecule has 0 bridgehead atoms. The Morgan fingerprint density at radius 1 is 1.11 bits per heavy atom. The highest BCUT2D eigenvalue weighted by Gasteiger charge is 2.75. The summed E-state index contributed by atoms with van der Waals surface area (Å²) in [5, 5.41) is 0. The van der Waals surface area contributed by atoms with Crippen LogP contribution in [0.1, 0.15) is 32.6 Å². The first kappa shape index (κ1) is 27.1. The van der Waals surface area contributed by atoms with E-state index in [-0.39, 0.29) is 12.0 Å². The van der Waals surface area contributed by atoms with Crippen LogP contribution >= 0.6 is 0 Å². The predicted molar refractivity (Wildman–Crippen MR) is 89.7 cm³/mol. The topological polar surface area (TPSA) is 89.9 Å². The SMILES string of the molecule is CCC(CCCC(=O)OC(CS(=O)(=O)O)(C(F)(F)F)C(F)(F)F)[Si](C)(C)OC. The molecule has 168 valence electrons. The van der Waals surface area contributed by atoms with Crippen molar-refractivity contribution in [2.24, 2.45) is 0 Å². The molecule has 6 nitrogen and oxygen atoms in total. The van der Waals surface area contributed by atoms with Crippen LogP contribution in [-0.2, 0) is 24.1 Å². The maximum atomic E-state index is 13.1. The van der Waals surface area contributed by atoms with Crippen LogP contribution in [0.15, 0.2) is 0 Å². The molecule has 0 saturated heterocycles. The lowest BCUT2D eigenvalue weighted by atomic mass is 10.1. The highest BCUT2D eigenvalue weighted by molar-refractivity contribution is 7.85. The van der Waals surface area contributed by atoms with Crippen molar-refractivity contribution in [3.63, 3.8) is 0 Å². The lowest BCUT2D eigenvalue weighted by Crippen LogP contribution is -2.63. The molecular formula is C14H24F6O6SSi. The summed E-state index contributed by atoms with van der Waals surface area (Å²) in [7, 11) is -6.42. The van der Waals surface area contributed by atoms with Crippen LogP contribution in [0.25, 0.3) is 0 Å². The molecule has 0 radical (unpaired) electrons. The third-order valence-corrected chi connectivity index (χ3v) is 9.01. The summed E-state index contributed by atoms with van der Waals surface area (Å²) >= 11 is 0. The van der Waals surface area contributed by atoms with E-state index in [0.29, 0.717) is 12.8 Å². The molecule has 0 heterocycles. The zero-order chi connectivity index (χ0) is 22.6. The second kappa shape index (κ2) is 9.30. The molecule has 0 aliphatic carbocycles. The fourth-order valence-electron chi connectivity index (χ4n) is 2.67. The van der Waals surface area contributed by atoms with Crippen molar-refractivity contribution >= 4 is 24.4 Å². The highest BCUT2D eigenvalue weighted by atomic mass is 32.2. The first-order chi connectivity index (χ1) is 12.3. The van der Waals surface area contributed by atoms with Crippen LogP contribution < -0.4 is 0 Å². The monoisotopic (exact) mass is 462 g/mol. The lowest BCUT2D eigenvalue weighted by Gasteiger charge is -2.35. The van der Waals surface area contributed by atoms with Gasteiger partial charge in [-0.25, -0.2) is 0 Å². The van der Waals surface area contributed by atoms with Gasteiger partial charge in [0.25, 0.3) is 10.1 Å². The van der Waals surface area contributed by atoms with Crippen LogP contribution in [-0.4, -0.2) is 58.1 Å². The molecule has 0 spiro atoms. The minimum absolute atomic E-state index is 0.00175. The standard InChI is InChI=1S/C14H24F6O6SSi/c1-5-10(28(3,4)25-2)7-6-8-11(21)26-12(13(15,16)17,14(18,19)20)9-27(22,23)24/h10H,5-9H2,1-4H3,(H,22,23,24). The first-order valence-electron chi connectivity index (χ1n) is 8.18. The van der Waals surface area contributed by atoms with E-state index in [1.165, 1.54) is 7.11 Å². The molecule has 1 unspecified atom stereocenters. The molecule has 0 aromatic carbocycles. The lowest BCUT2D eigenvalue weighted by molar-refractivity contribution is -0.361. The Balaban J connectivity index is 5.43. The van der Waals surface area contributed by atoms with Crippen molar-refractivity contribution in [2.75, 3.05) is 12.9 Å². The molecule has 28 heavy (non-hydrogen) atoms. The number of esters is 1. The van der Waals surface area contributed by atoms with Gasteiger partial charge < -0.3 is 9.16 Å². The van der Waals surface area contributed by atoms with E-state index in [1.807, 2.05) is 20.0 Å². The van der Waals surface area contributed by atoms with Crippen molar-refractivity contribution < 1.29 is 53.3 Å². The number of hydrogen-bond donors (Lipinski definition) is 1. The Labute approximate surface area is 160 Å². The Bertz CT molecular complexity index is 617. The van der Waals surface area contributed by atoms with Gasteiger partial charge in [0, 0.05) is 13.5 Å². The van der Waals surface area contributed by atoms with Gasteiger partial charge in [-0.05, 0) is 25.1 Å². The van der Waals surface area contributed by atoms with Crippen molar-refractivity contribution in [3.05, 3.63) is 0 Å². The number of alkyl halides is 6. The van der Waals surface area contributed by atoms with E-state index < -0.39 is 54.5 Å². The zero-order valence-corrected chi connectivity index (χ0v) is 17.6. The fourth-order valence-corrected chi connectivity index (χ4v) is 5.79. The van der Waals surface area contributed by atoms with Crippen molar-refractivity contribution in [1.29, 1.82) is 0 Å². The van der Waals surface area contributed by atoms with E-state index in [2.05, 4.69) is 4.74 Å². The number of carbonyl (C=O) groups excluding carboxylic acids is 1. The molecule has 0 fully saturated rings. The maximum absolute atomic E-state index is 13.1. The van der Waals surface area contributed by atoms with E-state index in [0.717, 1.165) is 0 Å². The first-order valence-corrected chi connectivity index (χ1v) is 12.8. The highest BCUT2D eigenvalue weighted by Crippen LogP contribution is 2.47. The number of carbonyl (C=O) groups is 1. The summed E-state index contributed by atoms with van der Waals surface area (Å²) < 4.78 is 118. The Morgan fingerprint density at radius 3 is 1.89 bits per heavy atom. The summed E-state index contributed by atoms with van der Waals surface area (Å²) in [6.07, 6.45) is -12.5. The van der Waals surface area contributed by atoms with Gasteiger partial charge >= 0.3 is 23.9 Å². The van der Waals surface area contributed by atoms with Gasteiger partial charge in [-0.1, -0.05) is 19.8 Å². The van der Waals surface area contributed by atoms with Gasteiger partial charge in [0.1, 0.15) is 5.75 Å². The summed E-state index contributed by atoms with van der Waals surface area (Å²) in [6, 6.07) is 0. The third kappa shape index (κ3) is 7.19. The normalized spacial score (nSPS) is 15.4. The summed E-state index contributed by atoms with van der Waals surface area (Å²) in [6.45, 7) is 5.59. The molecule has 1 atom stereocenters. The van der Waals surface area contributed by atoms with E-state index >= 15 is 0 Å². The van der Waals surface area contributed by atoms with Gasteiger partial charge in [0.15, 0.2) is 8.32 Å². The van der Waals surface area contributed by atoms with Crippen LogP contribution in [0.2, 0.25) is 18.6 Å². The molecule has 0 amide bonds. The molecule has 0 aromatic heterocycles. The Morgan fingerprint density at radius 2 is 1.57 bits per heavy atom. The van der Waals surface area contributed by atoms with Gasteiger partial charge in [-0.3, -0.25) is 9.35 Å². The minimum Gasteiger partial charge on any atom is -0.438 e. The van der Waals surface area contributed by atoms with Crippen LogP contribution in [0.4, 0.5) is 26.3 Å². The van der Waals surface area contributed by atoms with E-state index in [1.54, 1.807) is 0 Å². The average Bonchev–Trinajstić information content (AvgIpc) is 2.47. The molecular weight excluding hydrogens is 438 g/mol. The van der Waals surface area contributed by atoms with Crippen LogP contribution in [0, 0.1) is 0 Å². The van der Waals surface area contributed by atoms with Crippen molar-refractivity contribution in [1.82, 2.24) is 0 Å². The molecule has 0 rings (SSSR count). The second-order valence-electron chi connectivity index (χ2n) is 6.83. The molecule has 0 aliphatic rings. The van der Waals surface area contributed by atoms with Crippen molar-refractivity contribution in [2.45, 2.75) is 69.2 Å². The van der Waals surface area contributed by atoms with E-state index in [4.69, 9.17) is 8.98 Å². The molecule has 14 heteroatoms. The number of halogens is 6. The largest absolute Gasteiger partial charge is 0.438 e. The number of rotatable bonds is 10. The smallest absolute Gasteiger partial charge is 0.438 e. The third-order valence-electron chi connectivity index (χ3n) is 4.53. The van der Waals surface area contributed by atoms with Gasteiger partial charge in [0.05, 0.1) is 0 Å². The average molecular weight is 462 g/mol. The quantitative estimate of drug-likeness (QED) is 0.228. The van der Waals surface area contributed by atoms with Crippen molar-refractivity contribution in [3.8, 4) is 0 Å². The van der Waals surface area contributed by atoms with Crippen LogP contribution in [0.5, 0.6) is 0 Å². The summed E-state index contributed by atoms with van der Waals surface area (Å²) in [5.41, 5.74) is -5.35. The summed E-state index contributed by atoms with van der Waals surface area (Å²) in [5.74, 6) is -4.75.